The summed E-state index contributed by atoms with van der Waals surface area (Å²) in [5.74, 6) is -0.397. The van der Waals surface area contributed by atoms with Crippen LogP contribution in [0.2, 0.25) is 0 Å². The number of halogens is 1. The van der Waals surface area contributed by atoms with Crippen LogP contribution in [-0.4, -0.2) is 6.04 Å². The lowest BCUT2D eigenvalue weighted by atomic mass is 10.1. The second-order valence-corrected chi connectivity index (χ2v) is 5.20. The summed E-state index contributed by atoms with van der Waals surface area (Å²) in [7, 11) is 0. The molecule has 3 rings (SSSR count). The number of nitrogens with zero attached hydrogens (tertiary/aromatic N) is 2. The Morgan fingerprint density at radius 1 is 1.25 bits per heavy atom. The van der Waals surface area contributed by atoms with Gasteiger partial charge in [-0.05, 0) is 31.0 Å². The summed E-state index contributed by atoms with van der Waals surface area (Å²) in [4.78, 5) is 2.20. The fourth-order valence-electron chi connectivity index (χ4n) is 2.84. The molecule has 2 aromatic rings. The number of para-hydroxylation sites is 1. The SMILES string of the molecule is CC1Cc2ccccc2N1Cc1cccc(C#N)c1F. The van der Waals surface area contributed by atoms with Gasteiger partial charge in [0.05, 0.1) is 5.56 Å². The summed E-state index contributed by atoms with van der Waals surface area (Å²) in [6, 6.07) is 15.5. The lowest BCUT2D eigenvalue weighted by Gasteiger charge is -2.25. The lowest BCUT2D eigenvalue weighted by molar-refractivity contribution is 0.590. The zero-order valence-corrected chi connectivity index (χ0v) is 11.3. The van der Waals surface area contributed by atoms with Crippen molar-refractivity contribution in [1.29, 1.82) is 5.26 Å². The maximum atomic E-state index is 14.2. The first-order chi connectivity index (χ1) is 9.70. The molecule has 0 amide bonds. The van der Waals surface area contributed by atoms with Crippen molar-refractivity contribution in [2.45, 2.75) is 25.9 Å². The fraction of sp³-hybridized carbons (Fsp3) is 0.235. The summed E-state index contributed by atoms with van der Waals surface area (Å²) in [6.07, 6.45) is 0.982. The van der Waals surface area contributed by atoms with Gasteiger partial charge in [-0.1, -0.05) is 30.3 Å². The van der Waals surface area contributed by atoms with Crippen molar-refractivity contribution < 1.29 is 4.39 Å². The van der Waals surface area contributed by atoms with E-state index < -0.39 is 5.82 Å². The molecule has 1 aliphatic rings. The van der Waals surface area contributed by atoms with Gasteiger partial charge in [-0.2, -0.15) is 5.26 Å². The zero-order chi connectivity index (χ0) is 14.1. The van der Waals surface area contributed by atoms with E-state index >= 15 is 0 Å². The molecule has 0 saturated heterocycles. The summed E-state index contributed by atoms with van der Waals surface area (Å²) in [6.45, 7) is 2.64. The monoisotopic (exact) mass is 266 g/mol. The smallest absolute Gasteiger partial charge is 0.145 e. The minimum Gasteiger partial charge on any atom is -0.364 e. The predicted octanol–water partition coefficient (Wildman–Crippen LogP) is 3.65. The Morgan fingerprint density at radius 3 is 2.85 bits per heavy atom. The third-order valence-electron chi connectivity index (χ3n) is 3.89. The van der Waals surface area contributed by atoms with Crippen LogP contribution >= 0.6 is 0 Å². The molecule has 0 fully saturated rings. The molecule has 3 heteroatoms. The van der Waals surface area contributed by atoms with Gasteiger partial charge < -0.3 is 4.90 Å². The number of hydrogen-bond acceptors (Lipinski definition) is 2. The maximum absolute atomic E-state index is 14.2. The molecule has 0 aromatic heterocycles. The molecule has 2 aromatic carbocycles. The number of rotatable bonds is 2. The van der Waals surface area contributed by atoms with Crippen LogP contribution in [-0.2, 0) is 13.0 Å². The van der Waals surface area contributed by atoms with E-state index in [2.05, 4.69) is 24.0 Å². The first-order valence-electron chi connectivity index (χ1n) is 6.72. The Kier molecular flexibility index (Phi) is 3.15. The summed E-state index contributed by atoms with van der Waals surface area (Å²) in [5.41, 5.74) is 3.16. The minimum absolute atomic E-state index is 0.114. The Balaban J connectivity index is 1.95. The van der Waals surface area contributed by atoms with Crippen LogP contribution in [0.3, 0.4) is 0 Å². The molecule has 0 saturated carbocycles. The predicted molar refractivity (Wildman–Crippen MR) is 76.9 cm³/mol. The van der Waals surface area contributed by atoms with Gasteiger partial charge in [0.1, 0.15) is 11.9 Å². The first kappa shape index (κ1) is 12.7. The van der Waals surface area contributed by atoms with Crippen molar-refractivity contribution in [2.24, 2.45) is 0 Å². The van der Waals surface area contributed by atoms with Gasteiger partial charge >= 0.3 is 0 Å². The highest BCUT2D eigenvalue weighted by molar-refractivity contribution is 5.59. The molecule has 0 spiro atoms. The van der Waals surface area contributed by atoms with Crippen LogP contribution in [0.15, 0.2) is 42.5 Å². The molecule has 20 heavy (non-hydrogen) atoms. The maximum Gasteiger partial charge on any atom is 0.145 e. The van der Waals surface area contributed by atoms with Crippen molar-refractivity contribution >= 4 is 5.69 Å². The van der Waals surface area contributed by atoms with E-state index in [4.69, 9.17) is 5.26 Å². The molecular formula is C17H15FN2. The van der Waals surface area contributed by atoms with Gasteiger partial charge in [0.25, 0.3) is 0 Å². The van der Waals surface area contributed by atoms with E-state index in [1.807, 2.05) is 18.2 Å². The van der Waals surface area contributed by atoms with Gasteiger partial charge in [-0.3, -0.25) is 0 Å². The highest BCUT2D eigenvalue weighted by atomic mass is 19.1. The molecule has 0 radical (unpaired) electrons. The third kappa shape index (κ3) is 2.04. The molecule has 2 nitrogen and oxygen atoms in total. The Hall–Kier alpha value is -2.34. The summed E-state index contributed by atoms with van der Waals surface area (Å²) in [5, 5.41) is 8.91. The quantitative estimate of drug-likeness (QED) is 0.829. The van der Waals surface area contributed by atoms with Crippen LogP contribution in [0.25, 0.3) is 0 Å². The second kappa shape index (κ2) is 4.97. The van der Waals surface area contributed by atoms with Crippen molar-refractivity contribution in [3.8, 4) is 6.07 Å². The van der Waals surface area contributed by atoms with Gasteiger partial charge in [0.15, 0.2) is 0 Å². The molecule has 100 valence electrons. The summed E-state index contributed by atoms with van der Waals surface area (Å²) < 4.78 is 14.2. The highest BCUT2D eigenvalue weighted by Gasteiger charge is 2.26. The average Bonchev–Trinajstić information content (AvgIpc) is 2.77. The van der Waals surface area contributed by atoms with Gasteiger partial charge in [0.2, 0.25) is 0 Å². The molecule has 1 heterocycles. The molecule has 1 aliphatic heterocycles. The Morgan fingerprint density at radius 2 is 2.05 bits per heavy atom. The van der Waals surface area contributed by atoms with E-state index in [1.165, 1.54) is 17.3 Å². The fourth-order valence-corrected chi connectivity index (χ4v) is 2.84. The summed E-state index contributed by atoms with van der Waals surface area (Å²) >= 11 is 0. The van der Waals surface area contributed by atoms with Gasteiger partial charge in [0, 0.05) is 23.8 Å². The number of anilines is 1. The zero-order valence-electron chi connectivity index (χ0n) is 11.3. The third-order valence-corrected chi connectivity index (χ3v) is 3.89. The molecular weight excluding hydrogens is 251 g/mol. The van der Waals surface area contributed by atoms with E-state index in [0.717, 1.165) is 6.42 Å². The minimum atomic E-state index is -0.397. The van der Waals surface area contributed by atoms with Crippen LogP contribution in [0.1, 0.15) is 23.6 Å². The molecule has 0 N–H and O–H groups in total. The molecule has 1 atom stereocenters. The highest BCUT2D eigenvalue weighted by Crippen LogP contribution is 2.33. The Bertz CT molecular complexity index is 688. The normalized spacial score (nSPS) is 16.9. The van der Waals surface area contributed by atoms with E-state index in [9.17, 15) is 4.39 Å². The van der Waals surface area contributed by atoms with E-state index in [-0.39, 0.29) is 5.56 Å². The number of benzene rings is 2. The first-order valence-corrected chi connectivity index (χ1v) is 6.72. The largest absolute Gasteiger partial charge is 0.364 e. The van der Waals surface area contributed by atoms with Crippen molar-refractivity contribution in [3.63, 3.8) is 0 Å². The van der Waals surface area contributed by atoms with Gasteiger partial charge in [-0.25, -0.2) is 4.39 Å². The van der Waals surface area contributed by atoms with Gasteiger partial charge in [-0.15, -0.1) is 0 Å². The van der Waals surface area contributed by atoms with Crippen molar-refractivity contribution in [3.05, 3.63) is 65.0 Å². The van der Waals surface area contributed by atoms with Crippen LogP contribution in [0.4, 0.5) is 10.1 Å². The second-order valence-electron chi connectivity index (χ2n) is 5.20. The van der Waals surface area contributed by atoms with Crippen molar-refractivity contribution in [2.75, 3.05) is 4.90 Å². The van der Waals surface area contributed by atoms with Crippen LogP contribution in [0, 0.1) is 17.1 Å². The molecule has 0 bridgehead atoms. The van der Waals surface area contributed by atoms with Crippen LogP contribution in [0.5, 0.6) is 0 Å². The number of nitriles is 1. The number of hydrogen-bond donors (Lipinski definition) is 0. The topological polar surface area (TPSA) is 27.0 Å². The molecule has 1 unspecified atom stereocenters. The molecule has 0 aliphatic carbocycles. The average molecular weight is 266 g/mol. The Labute approximate surface area is 118 Å². The van der Waals surface area contributed by atoms with E-state index in [0.29, 0.717) is 18.2 Å². The standard InChI is InChI=1S/C17H15FN2/c1-12-9-13-5-2-3-8-16(13)20(12)11-15-7-4-6-14(10-19)17(15)18/h2-8,12H,9,11H2,1H3. The lowest BCUT2D eigenvalue weighted by Crippen LogP contribution is -2.29. The number of fused-ring (bicyclic) bond motifs is 1. The van der Waals surface area contributed by atoms with Crippen molar-refractivity contribution in [1.82, 2.24) is 0 Å². The van der Waals surface area contributed by atoms with Crippen LogP contribution < -0.4 is 4.90 Å². The van der Waals surface area contributed by atoms with E-state index in [1.54, 1.807) is 12.1 Å².